The number of hydrogen-bond acceptors (Lipinski definition) is 6. The van der Waals surface area contributed by atoms with Crippen LogP contribution in [0, 0.1) is 12.8 Å². The summed E-state index contributed by atoms with van der Waals surface area (Å²) in [4.78, 5) is 35.0. The van der Waals surface area contributed by atoms with Crippen LogP contribution in [-0.2, 0) is 22.4 Å². The molecule has 44 heavy (non-hydrogen) atoms. The lowest BCUT2D eigenvalue weighted by Gasteiger charge is -2.42. The lowest BCUT2D eigenvalue weighted by molar-refractivity contribution is -0.146. The molecule has 4 aromatic carbocycles. The molecule has 0 saturated carbocycles. The maximum absolute atomic E-state index is 14.7. The summed E-state index contributed by atoms with van der Waals surface area (Å²) in [6.07, 6.45) is 2.02. The molecule has 0 aliphatic carbocycles. The Bertz CT molecular complexity index is 1800. The van der Waals surface area contributed by atoms with Crippen molar-refractivity contribution in [1.82, 2.24) is 19.9 Å². The highest BCUT2D eigenvalue weighted by atomic mass is 16.5. The zero-order valence-electron chi connectivity index (χ0n) is 25.4. The minimum Gasteiger partial charge on any atom is -0.481 e. The average Bonchev–Trinajstić information content (AvgIpc) is 3.47. The molecule has 0 radical (unpaired) electrons. The summed E-state index contributed by atoms with van der Waals surface area (Å²) < 4.78 is 5.68. The lowest BCUT2D eigenvalue weighted by atomic mass is 9.88. The summed E-state index contributed by atoms with van der Waals surface area (Å²) >= 11 is 0. The normalized spacial score (nSPS) is 18.7. The van der Waals surface area contributed by atoms with Crippen LogP contribution in [0.1, 0.15) is 48.6 Å². The second-order valence-electron chi connectivity index (χ2n) is 12.1. The molecule has 226 valence electrons. The number of hydrogen-bond donors (Lipinski definition) is 1. The fraction of sp³-hybridized carbons (Fsp3) is 0.333. The van der Waals surface area contributed by atoms with Crippen LogP contribution in [0.5, 0.6) is 0 Å². The van der Waals surface area contributed by atoms with Crippen molar-refractivity contribution in [3.05, 3.63) is 108 Å². The maximum Gasteiger partial charge on any atom is 0.306 e. The van der Waals surface area contributed by atoms with E-state index in [9.17, 15) is 14.7 Å². The van der Waals surface area contributed by atoms with E-state index in [0.29, 0.717) is 43.9 Å². The van der Waals surface area contributed by atoms with Gasteiger partial charge in [-0.15, -0.1) is 0 Å². The van der Waals surface area contributed by atoms with Gasteiger partial charge in [0.1, 0.15) is 6.04 Å². The van der Waals surface area contributed by atoms with Gasteiger partial charge in [-0.25, -0.2) is 0 Å². The van der Waals surface area contributed by atoms with Crippen molar-refractivity contribution in [1.29, 1.82) is 0 Å². The topological polar surface area (TPSA) is 99.8 Å². The first kappa shape index (κ1) is 29.5. The first-order valence-corrected chi connectivity index (χ1v) is 15.3. The molecular formula is C36H38N4O4. The standard InChI is InChI=1S/C36H38N4O4/c1-23-18-31(36(42)43)16-17-40(23)33(22-26-13-15-28-9-5-7-11-30(28)20-26)35(41)39(3)32(34-37-24(2)38-44-34)21-25-12-14-27-8-4-6-10-29(27)19-25/h4-15,19-20,23,31-33H,16-18,21-22H2,1-3H3,(H,42,43). The fourth-order valence-electron chi connectivity index (χ4n) is 6.63. The third kappa shape index (κ3) is 6.21. The van der Waals surface area contributed by atoms with E-state index < -0.39 is 24.0 Å². The molecule has 2 heterocycles. The molecule has 1 aromatic heterocycles. The third-order valence-corrected chi connectivity index (χ3v) is 9.09. The van der Waals surface area contributed by atoms with Crippen molar-refractivity contribution in [2.45, 2.75) is 57.7 Å². The summed E-state index contributed by atoms with van der Waals surface area (Å²) in [7, 11) is 1.82. The molecule has 1 aliphatic heterocycles. The predicted molar refractivity (Wildman–Crippen MR) is 170 cm³/mol. The number of nitrogens with zero attached hydrogens (tertiary/aromatic N) is 4. The number of aromatic nitrogens is 2. The minimum absolute atomic E-state index is 0.0552. The number of carboxylic acids is 1. The number of likely N-dealkylation sites (N-methyl/N-ethyl adjacent to an activating group) is 1. The molecule has 0 bridgehead atoms. The van der Waals surface area contributed by atoms with E-state index in [1.54, 1.807) is 11.8 Å². The highest BCUT2D eigenvalue weighted by Crippen LogP contribution is 2.31. The third-order valence-electron chi connectivity index (χ3n) is 9.09. The number of benzene rings is 4. The Hall–Kier alpha value is -4.56. The van der Waals surface area contributed by atoms with Crippen LogP contribution in [0.15, 0.2) is 89.5 Å². The number of fused-ring (bicyclic) bond motifs is 2. The van der Waals surface area contributed by atoms with Crippen LogP contribution in [0.3, 0.4) is 0 Å². The van der Waals surface area contributed by atoms with Gasteiger partial charge in [-0.05, 0) is 65.8 Å². The Morgan fingerprint density at radius 2 is 1.52 bits per heavy atom. The molecular weight excluding hydrogens is 552 g/mol. The molecule has 0 spiro atoms. The van der Waals surface area contributed by atoms with E-state index in [1.165, 1.54) is 0 Å². The van der Waals surface area contributed by atoms with Gasteiger partial charge in [0.25, 0.3) is 0 Å². The molecule has 1 aliphatic rings. The number of likely N-dealkylation sites (tertiary alicyclic amines) is 1. The molecule has 8 nitrogen and oxygen atoms in total. The second kappa shape index (κ2) is 12.6. The van der Waals surface area contributed by atoms with Crippen LogP contribution >= 0.6 is 0 Å². The summed E-state index contributed by atoms with van der Waals surface area (Å²) in [6.45, 7) is 4.34. The van der Waals surface area contributed by atoms with Gasteiger partial charge in [0.05, 0.1) is 12.0 Å². The molecule has 1 saturated heterocycles. The molecule has 1 fully saturated rings. The predicted octanol–water partition coefficient (Wildman–Crippen LogP) is 6.22. The van der Waals surface area contributed by atoms with Crippen LogP contribution in [0.25, 0.3) is 21.5 Å². The smallest absolute Gasteiger partial charge is 0.306 e. The van der Waals surface area contributed by atoms with Gasteiger partial charge in [0.2, 0.25) is 11.8 Å². The Kier molecular flexibility index (Phi) is 8.44. The number of piperidine rings is 1. The zero-order chi connectivity index (χ0) is 30.8. The van der Waals surface area contributed by atoms with Crippen LogP contribution in [0.2, 0.25) is 0 Å². The first-order valence-electron chi connectivity index (χ1n) is 15.3. The van der Waals surface area contributed by atoms with Crippen molar-refractivity contribution in [3.63, 3.8) is 0 Å². The van der Waals surface area contributed by atoms with E-state index >= 15 is 0 Å². The molecule has 1 N–H and O–H groups in total. The largest absolute Gasteiger partial charge is 0.481 e. The van der Waals surface area contributed by atoms with Crippen molar-refractivity contribution < 1.29 is 19.2 Å². The van der Waals surface area contributed by atoms with Crippen molar-refractivity contribution in [2.75, 3.05) is 13.6 Å². The van der Waals surface area contributed by atoms with Gasteiger partial charge in [-0.2, -0.15) is 4.98 Å². The van der Waals surface area contributed by atoms with E-state index in [-0.39, 0.29) is 11.9 Å². The van der Waals surface area contributed by atoms with Crippen molar-refractivity contribution in [2.24, 2.45) is 5.92 Å². The minimum atomic E-state index is -0.770. The second-order valence-corrected chi connectivity index (χ2v) is 12.1. The van der Waals surface area contributed by atoms with E-state index in [0.717, 1.165) is 32.7 Å². The van der Waals surface area contributed by atoms with Crippen molar-refractivity contribution in [3.8, 4) is 0 Å². The Morgan fingerprint density at radius 1 is 0.932 bits per heavy atom. The number of carbonyl (C=O) groups excluding carboxylic acids is 1. The van der Waals surface area contributed by atoms with Gasteiger partial charge in [0, 0.05) is 26.1 Å². The molecule has 4 unspecified atom stereocenters. The highest BCUT2D eigenvalue weighted by Gasteiger charge is 2.39. The number of aryl methyl sites for hydroxylation is 1. The molecule has 8 heteroatoms. The van der Waals surface area contributed by atoms with Crippen LogP contribution < -0.4 is 0 Å². The van der Waals surface area contributed by atoms with Gasteiger partial charge in [-0.1, -0.05) is 90.1 Å². The number of amides is 1. The summed E-state index contributed by atoms with van der Waals surface area (Å²) in [6, 6.07) is 28.0. The van der Waals surface area contributed by atoms with Crippen molar-refractivity contribution >= 4 is 33.4 Å². The quantitative estimate of drug-likeness (QED) is 0.217. The monoisotopic (exact) mass is 590 g/mol. The molecule has 6 rings (SSSR count). The van der Waals surface area contributed by atoms with E-state index in [2.05, 4.69) is 75.7 Å². The van der Waals surface area contributed by atoms with Crippen LogP contribution in [-0.4, -0.2) is 62.6 Å². The Labute approximate surface area is 257 Å². The number of rotatable bonds is 9. The van der Waals surface area contributed by atoms with Gasteiger partial charge in [-0.3, -0.25) is 14.5 Å². The Morgan fingerprint density at radius 3 is 2.07 bits per heavy atom. The zero-order valence-corrected chi connectivity index (χ0v) is 25.4. The van der Waals surface area contributed by atoms with Gasteiger partial charge < -0.3 is 14.5 Å². The average molecular weight is 591 g/mol. The molecule has 4 atom stereocenters. The molecule has 5 aromatic rings. The highest BCUT2D eigenvalue weighted by molar-refractivity contribution is 5.85. The Balaban J connectivity index is 1.34. The maximum atomic E-state index is 14.7. The lowest BCUT2D eigenvalue weighted by Crippen LogP contribution is -2.55. The fourth-order valence-corrected chi connectivity index (χ4v) is 6.63. The van der Waals surface area contributed by atoms with Gasteiger partial charge >= 0.3 is 5.97 Å². The molecule has 1 amide bonds. The first-order chi connectivity index (χ1) is 21.3. The van der Waals surface area contributed by atoms with E-state index in [4.69, 9.17) is 4.52 Å². The summed E-state index contributed by atoms with van der Waals surface area (Å²) in [5, 5.41) is 18.3. The number of carbonyl (C=O) groups is 2. The summed E-state index contributed by atoms with van der Waals surface area (Å²) in [5.41, 5.74) is 2.12. The summed E-state index contributed by atoms with van der Waals surface area (Å²) in [5.74, 6) is -0.318. The number of carboxylic acid groups (broad SMARTS) is 1. The number of aliphatic carboxylic acids is 1. The SMILES string of the molecule is Cc1noc(C(Cc2ccc3ccccc3c2)N(C)C(=O)C(Cc2ccc3ccccc3c2)N2CCC(C(=O)O)CC2C)n1. The van der Waals surface area contributed by atoms with Crippen LogP contribution in [0.4, 0.5) is 0 Å². The van der Waals surface area contributed by atoms with E-state index in [1.807, 2.05) is 38.2 Å². The van der Waals surface area contributed by atoms with Gasteiger partial charge in [0.15, 0.2) is 5.82 Å².